The zero-order valence-electron chi connectivity index (χ0n) is 18.1. The average Bonchev–Trinajstić information content (AvgIpc) is 3.23. The molecular formula is C21H28N8O3. The van der Waals surface area contributed by atoms with E-state index in [1.54, 1.807) is 12.1 Å². The number of nitrogen functional groups attached to an aromatic ring is 1. The highest BCUT2D eigenvalue weighted by Crippen LogP contribution is 2.22. The number of hydrogen-bond donors (Lipinski definition) is 5. The van der Waals surface area contributed by atoms with E-state index in [0.717, 1.165) is 12.1 Å². The number of anilines is 2. The van der Waals surface area contributed by atoms with Gasteiger partial charge >= 0.3 is 6.09 Å². The molecule has 32 heavy (non-hydrogen) atoms. The van der Waals surface area contributed by atoms with Gasteiger partial charge in [-0.25, -0.2) is 14.8 Å². The van der Waals surface area contributed by atoms with Gasteiger partial charge in [-0.3, -0.25) is 10.8 Å². The van der Waals surface area contributed by atoms with Crippen LogP contribution in [0.2, 0.25) is 0 Å². The molecule has 0 radical (unpaired) electrons. The van der Waals surface area contributed by atoms with Gasteiger partial charge < -0.3 is 30.7 Å². The second-order valence-electron chi connectivity index (χ2n) is 7.24. The zero-order chi connectivity index (χ0) is 23.1. The molecule has 0 spiro atoms. The minimum absolute atomic E-state index is 0.0326. The number of carbonyl (C=O) groups excluding carboxylic acids is 1. The maximum Gasteiger partial charge on any atom is 0.407 e. The maximum absolute atomic E-state index is 11.6. The largest absolute Gasteiger partial charge is 0.444 e. The van der Waals surface area contributed by atoms with Crippen molar-refractivity contribution in [1.82, 2.24) is 20.6 Å². The number of aromatic nitrogens is 2. The van der Waals surface area contributed by atoms with Crippen molar-refractivity contribution in [1.29, 1.82) is 10.8 Å². The number of carbonyl (C=O) groups is 1. The molecule has 6 N–H and O–H groups in total. The van der Waals surface area contributed by atoms with E-state index in [1.807, 2.05) is 31.0 Å². The third-order valence-corrected chi connectivity index (χ3v) is 4.87. The number of rotatable bonds is 7. The van der Waals surface area contributed by atoms with Gasteiger partial charge in [0.2, 0.25) is 11.8 Å². The van der Waals surface area contributed by atoms with E-state index in [4.69, 9.17) is 26.0 Å². The topological polar surface area (TPSA) is 162 Å². The molecule has 11 heteroatoms. The van der Waals surface area contributed by atoms with Gasteiger partial charge in [-0.2, -0.15) is 0 Å². The summed E-state index contributed by atoms with van der Waals surface area (Å²) in [5.41, 5.74) is 7.56. The molecule has 1 atom stereocenters. The van der Waals surface area contributed by atoms with Gasteiger partial charge in [-0.15, -0.1) is 0 Å². The summed E-state index contributed by atoms with van der Waals surface area (Å²) in [7, 11) is 1.86. The highest BCUT2D eigenvalue weighted by atomic mass is 16.6. The number of nitrogens with one attached hydrogen (secondary N) is 4. The van der Waals surface area contributed by atoms with Crippen LogP contribution in [0.25, 0.3) is 0 Å². The van der Waals surface area contributed by atoms with Crippen LogP contribution >= 0.6 is 0 Å². The van der Waals surface area contributed by atoms with Crippen LogP contribution in [-0.4, -0.2) is 60.6 Å². The summed E-state index contributed by atoms with van der Waals surface area (Å²) in [4.78, 5) is 22.1. The third kappa shape index (κ3) is 5.70. The summed E-state index contributed by atoms with van der Waals surface area (Å²) in [6.07, 6.45) is 1.45. The number of nitrogens with two attached hydrogens (primary N) is 1. The van der Waals surface area contributed by atoms with Crippen LogP contribution in [0.4, 0.5) is 16.4 Å². The lowest BCUT2D eigenvalue weighted by molar-refractivity contribution is 0.108. The van der Waals surface area contributed by atoms with Crippen LogP contribution in [0, 0.1) is 10.8 Å². The third-order valence-electron chi connectivity index (χ3n) is 4.87. The van der Waals surface area contributed by atoms with E-state index in [-0.39, 0.29) is 29.4 Å². The highest BCUT2D eigenvalue weighted by molar-refractivity contribution is 6.05. The highest BCUT2D eigenvalue weighted by Gasteiger charge is 2.27. The van der Waals surface area contributed by atoms with E-state index < -0.39 is 6.09 Å². The quantitative estimate of drug-likeness (QED) is 0.319. The SMILES string of the molecule is CCNC(=O)O[C@@H]1CCN(c2cnc(N)c(C(=N)OC(=N)c3ccc(CNC)cc3)n2)C1. The van der Waals surface area contributed by atoms with Crippen molar-refractivity contribution in [3.63, 3.8) is 0 Å². The monoisotopic (exact) mass is 440 g/mol. The fourth-order valence-electron chi connectivity index (χ4n) is 3.27. The predicted octanol–water partition coefficient (Wildman–Crippen LogP) is 1.47. The number of nitrogens with zero attached hydrogens (tertiary/aromatic N) is 3. The molecule has 1 fully saturated rings. The van der Waals surface area contributed by atoms with Crippen LogP contribution in [0.5, 0.6) is 0 Å². The van der Waals surface area contributed by atoms with Crippen molar-refractivity contribution in [2.45, 2.75) is 26.0 Å². The van der Waals surface area contributed by atoms with E-state index in [1.165, 1.54) is 6.20 Å². The second-order valence-corrected chi connectivity index (χ2v) is 7.24. The van der Waals surface area contributed by atoms with Crippen LogP contribution in [0.1, 0.15) is 30.2 Å². The zero-order valence-corrected chi connectivity index (χ0v) is 18.1. The van der Waals surface area contributed by atoms with E-state index in [2.05, 4.69) is 20.6 Å². The smallest absolute Gasteiger partial charge is 0.407 e. The van der Waals surface area contributed by atoms with Crippen LogP contribution < -0.4 is 21.3 Å². The molecule has 1 amide bonds. The first-order valence-corrected chi connectivity index (χ1v) is 10.3. The summed E-state index contributed by atoms with van der Waals surface area (Å²) in [6.45, 7) is 4.11. The van der Waals surface area contributed by atoms with Crippen molar-refractivity contribution in [2.24, 2.45) is 0 Å². The lowest BCUT2D eigenvalue weighted by atomic mass is 10.1. The first-order valence-electron chi connectivity index (χ1n) is 10.3. The van der Waals surface area contributed by atoms with Crippen molar-refractivity contribution in [3.05, 3.63) is 47.3 Å². The lowest BCUT2D eigenvalue weighted by Crippen LogP contribution is -2.31. The average molecular weight is 441 g/mol. The molecule has 1 aliphatic rings. The van der Waals surface area contributed by atoms with Crippen molar-refractivity contribution >= 4 is 29.5 Å². The Morgan fingerprint density at radius 3 is 2.72 bits per heavy atom. The molecule has 0 saturated carbocycles. The van der Waals surface area contributed by atoms with Gasteiger partial charge in [0.1, 0.15) is 11.9 Å². The van der Waals surface area contributed by atoms with Gasteiger partial charge in [-0.05, 0) is 31.7 Å². The molecular weight excluding hydrogens is 412 g/mol. The van der Waals surface area contributed by atoms with Crippen LogP contribution in [0.3, 0.4) is 0 Å². The first kappa shape index (κ1) is 22.9. The number of ether oxygens (including phenoxy) is 2. The Hall–Kier alpha value is -3.73. The van der Waals surface area contributed by atoms with E-state index in [9.17, 15) is 4.79 Å². The number of benzene rings is 1. The molecule has 1 saturated heterocycles. The van der Waals surface area contributed by atoms with Crippen molar-refractivity contribution in [3.8, 4) is 0 Å². The maximum atomic E-state index is 11.6. The summed E-state index contributed by atoms with van der Waals surface area (Å²) in [5.74, 6) is -0.0256. The molecule has 1 aromatic heterocycles. The van der Waals surface area contributed by atoms with Gasteiger partial charge in [0.25, 0.3) is 0 Å². The Bertz CT molecular complexity index is 980. The van der Waals surface area contributed by atoms with Gasteiger partial charge in [-0.1, -0.05) is 12.1 Å². The lowest BCUT2D eigenvalue weighted by Gasteiger charge is -2.18. The predicted molar refractivity (Wildman–Crippen MR) is 121 cm³/mol. The molecule has 11 nitrogen and oxygen atoms in total. The standard InChI is InChI=1S/C21H28N8O3/c1-3-26-21(30)31-15-8-9-29(12-15)16-11-27-18(22)17(28-16)20(24)32-19(23)14-6-4-13(5-7-14)10-25-2/h4-7,11,15,23-25H,3,8-10,12H2,1-2H3,(H2,22,27)(H,26,30)/t15-/m1/s1. The molecule has 0 bridgehead atoms. The Morgan fingerprint density at radius 2 is 2.03 bits per heavy atom. The fourth-order valence-corrected chi connectivity index (χ4v) is 3.27. The van der Waals surface area contributed by atoms with Crippen molar-refractivity contribution < 1.29 is 14.3 Å². The van der Waals surface area contributed by atoms with Gasteiger partial charge in [0, 0.05) is 31.6 Å². The Morgan fingerprint density at radius 1 is 1.28 bits per heavy atom. The molecule has 2 heterocycles. The molecule has 1 aliphatic heterocycles. The van der Waals surface area contributed by atoms with Crippen molar-refractivity contribution in [2.75, 3.05) is 37.3 Å². The van der Waals surface area contributed by atoms with Crippen LogP contribution in [-0.2, 0) is 16.0 Å². The second kappa shape index (κ2) is 10.5. The summed E-state index contributed by atoms with van der Waals surface area (Å²) in [5, 5.41) is 22.1. The van der Waals surface area contributed by atoms with Crippen LogP contribution in [0.15, 0.2) is 30.5 Å². The molecule has 2 aromatic rings. The summed E-state index contributed by atoms with van der Waals surface area (Å²) >= 11 is 0. The van der Waals surface area contributed by atoms with E-state index in [0.29, 0.717) is 37.4 Å². The number of hydrogen-bond acceptors (Lipinski definition) is 10. The fraction of sp³-hybridized carbons (Fsp3) is 0.381. The molecule has 1 aromatic carbocycles. The summed E-state index contributed by atoms with van der Waals surface area (Å²) < 4.78 is 10.8. The normalized spacial score (nSPS) is 15.3. The Labute approximate surface area is 186 Å². The first-order chi connectivity index (χ1) is 15.4. The Kier molecular flexibility index (Phi) is 7.55. The summed E-state index contributed by atoms with van der Waals surface area (Å²) in [6, 6.07) is 7.28. The van der Waals surface area contributed by atoms with Gasteiger partial charge in [0.15, 0.2) is 11.5 Å². The van der Waals surface area contributed by atoms with Gasteiger partial charge in [0.05, 0.1) is 12.7 Å². The molecule has 170 valence electrons. The minimum Gasteiger partial charge on any atom is -0.444 e. The molecule has 0 unspecified atom stereocenters. The minimum atomic E-state index is -0.448. The number of alkyl carbamates (subject to hydrolysis) is 1. The van der Waals surface area contributed by atoms with E-state index >= 15 is 0 Å². The molecule has 3 rings (SSSR count). The number of amides is 1. The molecule has 0 aliphatic carbocycles. The Balaban J connectivity index is 1.65.